The van der Waals surface area contributed by atoms with Crippen LogP contribution in [-0.4, -0.2) is 25.8 Å². The molecule has 1 saturated heterocycles. The Hall–Kier alpha value is -0.910. The summed E-state index contributed by atoms with van der Waals surface area (Å²) < 4.78 is 26.5. The maximum absolute atomic E-state index is 12.4. The molecule has 2 N–H and O–H groups in total. The second-order valence-electron chi connectivity index (χ2n) is 5.50. The van der Waals surface area contributed by atoms with Crippen LogP contribution in [0.1, 0.15) is 25.0 Å². The van der Waals surface area contributed by atoms with E-state index in [1.165, 1.54) is 0 Å². The largest absolute Gasteiger partial charge is 0.326 e. The molecule has 0 amide bonds. The molecule has 5 heteroatoms. The maximum atomic E-state index is 12.4. The van der Waals surface area contributed by atoms with Crippen LogP contribution in [0.2, 0.25) is 0 Å². The molecule has 1 aromatic rings. The third-order valence-corrected chi connectivity index (χ3v) is 5.78. The number of hydrogen-bond acceptors (Lipinski definition) is 3. The number of hydrogen-bond donors (Lipinski definition) is 1. The Morgan fingerprint density at radius 2 is 1.68 bits per heavy atom. The van der Waals surface area contributed by atoms with E-state index in [-0.39, 0.29) is 5.75 Å². The van der Waals surface area contributed by atoms with Gasteiger partial charge in [-0.1, -0.05) is 38.1 Å². The summed E-state index contributed by atoms with van der Waals surface area (Å²) in [5.74, 6) is 0.916. The summed E-state index contributed by atoms with van der Waals surface area (Å²) in [6.45, 7) is 5.85. The first kappa shape index (κ1) is 14.5. The molecule has 2 rings (SSSR count). The van der Waals surface area contributed by atoms with Crippen LogP contribution in [0.5, 0.6) is 0 Å². The molecule has 0 radical (unpaired) electrons. The number of sulfonamides is 1. The van der Waals surface area contributed by atoms with Gasteiger partial charge in [-0.15, -0.1) is 0 Å². The first-order valence-electron chi connectivity index (χ1n) is 6.68. The molecule has 1 aliphatic rings. The summed E-state index contributed by atoms with van der Waals surface area (Å²) in [6, 6.07) is 7.49. The minimum absolute atomic E-state index is 0.0554. The van der Waals surface area contributed by atoms with Crippen LogP contribution < -0.4 is 5.73 Å². The normalized spacial score (nSPS) is 24.8. The van der Waals surface area contributed by atoms with Crippen LogP contribution in [0.15, 0.2) is 24.3 Å². The fraction of sp³-hybridized carbons (Fsp3) is 0.571. The predicted molar refractivity (Wildman–Crippen MR) is 76.9 cm³/mol. The fourth-order valence-corrected chi connectivity index (χ4v) is 4.27. The van der Waals surface area contributed by atoms with E-state index in [9.17, 15) is 8.42 Å². The van der Waals surface area contributed by atoms with Crippen molar-refractivity contribution in [3.8, 4) is 0 Å². The lowest BCUT2D eigenvalue weighted by molar-refractivity contribution is 0.462. The highest BCUT2D eigenvalue weighted by Gasteiger charge is 2.34. The van der Waals surface area contributed by atoms with Gasteiger partial charge in [0.1, 0.15) is 0 Å². The van der Waals surface area contributed by atoms with Crippen LogP contribution in [0.25, 0.3) is 0 Å². The summed E-state index contributed by atoms with van der Waals surface area (Å²) in [6.07, 6.45) is 0. The van der Waals surface area contributed by atoms with E-state index in [1.807, 2.05) is 24.3 Å². The smallest absolute Gasteiger partial charge is 0.218 e. The summed E-state index contributed by atoms with van der Waals surface area (Å²) in [4.78, 5) is 0. The SMILES string of the molecule is CC1CN(S(=O)(=O)Cc2ccccc2CN)CC1C. The topological polar surface area (TPSA) is 63.4 Å². The van der Waals surface area contributed by atoms with E-state index in [0.717, 1.165) is 11.1 Å². The first-order chi connectivity index (χ1) is 8.94. The molecule has 106 valence electrons. The molecule has 2 unspecified atom stereocenters. The molecule has 1 fully saturated rings. The van der Waals surface area contributed by atoms with Gasteiger partial charge in [-0.25, -0.2) is 12.7 Å². The molecule has 0 aromatic heterocycles. The van der Waals surface area contributed by atoms with Crippen molar-refractivity contribution in [1.29, 1.82) is 0 Å². The van der Waals surface area contributed by atoms with Crippen molar-refractivity contribution in [2.45, 2.75) is 26.1 Å². The van der Waals surface area contributed by atoms with Gasteiger partial charge in [-0.3, -0.25) is 0 Å². The zero-order chi connectivity index (χ0) is 14.0. The highest BCUT2D eigenvalue weighted by molar-refractivity contribution is 7.88. The Balaban J connectivity index is 2.18. The maximum Gasteiger partial charge on any atom is 0.218 e. The average molecular weight is 282 g/mol. The molecule has 1 aliphatic heterocycles. The first-order valence-corrected chi connectivity index (χ1v) is 8.29. The summed E-state index contributed by atoms with van der Waals surface area (Å²) >= 11 is 0. The van der Waals surface area contributed by atoms with Gasteiger partial charge in [0, 0.05) is 19.6 Å². The Kier molecular flexibility index (Phi) is 4.28. The van der Waals surface area contributed by atoms with E-state index < -0.39 is 10.0 Å². The van der Waals surface area contributed by atoms with Crippen LogP contribution in [0, 0.1) is 11.8 Å². The van der Waals surface area contributed by atoms with Gasteiger partial charge in [0.25, 0.3) is 0 Å². The molecule has 4 nitrogen and oxygen atoms in total. The van der Waals surface area contributed by atoms with Gasteiger partial charge in [-0.05, 0) is 23.0 Å². The predicted octanol–water partition coefficient (Wildman–Crippen LogP) is 1.56. The molecule has 19 heavy (non-hydrogen) atoms. The molecule has 0 aliphatic carbocycles. The van der Waals surface area contributed by atoms with Gasteiger partial charge in [0.2, 0.25) is 10.0 Å². The van der Waals surface area contributed by atoms with Gasteiger partial charge in [0.15, 0.2) is 0 Å². The van der Waals surface area contributed by atoms with E-state index in [1.54, 1.807) is 4.31 Å². The fourth-order valence-electron chi connectivity index (χ4n) is 2.49. The zero-order valence-corrected chi connectivity index (χ0v) is 12.4. The molecule has 2 atom stereocenters. The third kappa shape index (κ3) is 3.16. The van der Waals surface area contributed by atoms with Crippen molar-refractivity contribution in [2.75, 3.05) is 13.1 Å². The Labute approximate surface area is 115 Å². The molecule has 0 bridgehead atoms. The lowest BCUT2D eigenvalue weighted by atomic mass is 10.0. The second-order valence-corrected chi connectivity index (χ2v) is 7.47. The van der Waals surface area contributed by atoms with Crippen molar-refractivity contribution in [2.24, 2.45) is 17.6 Å². The van der Waals surface area contributed by atoms with Crippen molar-refractivity contribution in [3.63, 3.8) is 0 Å². The van der Waals surface area contributed by atoms with Crippen LogP contribution >= 0.6 is 0 Å². The van der Waals surface area contributed by atoms with Gasteiger partial charge in [-0.2, -0.15) is 0 Å². The highest BCUT2D eigenvalue weighted by atomic mass is 32.2. The summed E-state index contributed by atoms with van der Waals surface area (Å²) in [5, 5.41) is 0. The molecule has 1 heterocycles. The Morgan fingerprint density at radius 1 is 1.16 bits per heavy atom. The monoisotopic (exact) mass is 282 g/mol. The van der Waals surface area contributed by atoms with E-state index >= 15 is 0 Å². The van der Waals surface area contributed by atoms with E-state index in [0.29, 0.717) is 31.5 Å². The molecule has 0 spiro atoms. The number of nitrogens with two attached hydrogens (primary N) is 1. The molecular formula is C14H22N2O2S. The average Bonchev–Trinajstić information content (AvgIpc) is 2.71. The second kappa shape index (κ2) is 5.61. The van der Waals surface area contributed by atoms with Crippen molar-refractivity contribution < 1.29 is 8.42 Å². The standard InChI is InChI=1S/C14H22N2O2S/c1-11-8-16(9-12(11)2)19(17,18)10-14-6-4-3-5-13(14)7-15/h3-6,11-12H,7-10,15H2,1-2H3. The van der Waals surface area contributed by atoms with Crippen LogP contribution in [-0.2, 0) is 22.3 Å². The molecule has 1 aromatic carbocycles. The minimum atomic E-state index is -3.23. The van der Waals surface area contributed by atoms with Crippen LogP contribution in [0.3, 0.4) is 0 Å². The van der Waals surface area contributed by atoms with Crippen LogP contribution in [0.4, 0.5) is 0 Å². The van der Waals surface area contributed by atoms with Crippen molar-refractivity contribution >= 4 is 10.0 Å². The molecular weight excluding hydrogens is 260 g/mol. The Bertz CT molecular complexity index is 532. The summed E-state index contributed by atoms with van der Waals surface area (Å²) in [5.41, 5.74) is 7.38. The lowest BCUT2D eigenvalue weighted by Gasteiger charge is -2.17. The third-order valence-electron chi connectivity index (χ3n) is 4.02. The Morgan fingerprint density at radius 3 is 2.21 bits per heavy atom. The zero-order valence-electron chi connectivity index (χ0n) is 11.5. The highest BCUT2D eigenvalue weighted by Crippen LogP contribution is 2.26. The van der Waals surface area contributed by atoms with Gasteiger partial charge in [0.05, 0.1) is 5.75 Å². The number of nitrogens with zero attached hydrogens (tertiary/aromatic N) is 1. The van der Waals surface area contributed by atoms with Gasteiger partial charge >= 0.3 is 0 Å². The van der Waals surface area contributed by atoms with E-state index in [4.69, 9.17) is 5.73 Å². The lowest BCUT2D eigenvalue weighted by Crippen LogP contribution is -2.30. The summed E-state index contributed by atoms with van der Waals surface area (Å²) in [7, 11) is -3.23. The number of rotatable bonds is 4. The van der Waals surface area contributed by atoms with Crippen molar-refractivity contribution in [3.05, 3.63) is 35.4 Å². The molecule has 0 saturated carbocycles. The van der Waals surface area contributed by atoms with E-state index in [2.05, 4.69) is 13.8 Å². The van der Waals surface area contributed by atoms with Crippen molar-refractivity contribution in [1.82, 2.24) is 4.31 Å². The quantitative estimate of drug-likeness (QED) is 0.911. The minimum Gasteiger partial charge on any atom is -0.326 e. The number of benzene rings is 1. The van der Waals surface area contributed by atoms with Gasteiger partial charge < -0.3 is 5.73 Å².